The van der Waals surface area contributed by atoms with E-state index in [9.17, 15) is 4.79 Å². The standard InChI is InChI=1S/C20H26Cl2N4O2/c1-13(2)5-8-23-20(27)14-6-9-26(10-7-14)12-18-24-19(25-28-18)16-4-3-15(21)11-17(16)22/h3-4,11,13-14H,5-10,12H2,1-2H3,(H,23,27). The molecule has 0 aliphatic carbocycles. The minimum Gasteiger partial charge on any atom is -0.356 e. The second-order valence-electron chi connectivity index (χ2n) is 7.66. The molecule has 1 aliphatic rings. The van der Waals surface area contributed by atoms with Gasteiger partial charge < -0.3 is 9.84 Å². The van der Waals surface area contributed by atoms with Gasteiger partial charge in [0.25, 0.3) is 0 Å². The maximum atomic E-state index is 12.3. The van der Waals surface area contributed by atoms with Crippen LogP contribution in [0.15, 0.2) is 22.7 Å². The molecule has 2 aromatic rings. The lowest BCUT2D eigenvalue weighted by atomic mass is 9.96. The molecule has 0 unspecified atom stereocenters. The molecule has 2 heterocycles. The van der Waals surface area contributed by atoms with Gasteiger partial charge in [0.2, 0.25) is 17.6 Å². The predicted molar refractivity (Wildman–Crippen MR) is 110 cm³/mol. The van der Waals surface area contributed by atoms with Gasteiger partial charge in [-0.25, -0.2) is 0 Å². The van der Waals surface area contributed by atoms with Crippen molar-refractivity contribution in [3.8, 4) is 11.4 Å². The molecule has 0 saturated carbocycles. The first-order chi connectivity index (χ1) is 13.4. The number of benzene rings is 1. The molecule has 1 fully saturated rings. The predicted octanol–water partition coefficient (Wildman–Crippen LogP) is 4.42. The number of carbonyl (C=O) groups is 1. The first kappa shape index (κ1) is 21.1. The second kappa shape index (κ2) is 9.72. The van der Waals surface area contributed by atoms with Gasteiger partial charge in [-0.3, -0.25) is 9.69 Å². The van der Waals surface area contributed by atoms with Gasteiger partial charge in [0.05, 0.1) is 11.6 Å². The molecule has 1 amide bonds. The van der Waals surface area contributed by atoms with Crippen LogP contribution in [0.25, 0.3) is 11.4 Å². The molecule has 1 aromatic heterocycles. The van der Waals surface area contributed by atoms with Crippen molar-refractivity contribution in [2.45, 2.75) is 39.7 Å². The Bertz CT molecular complexity index is 801. The van der Waals surface area contributed by atoms with Crippen LogP contribution < -0.4 is 5.32 Å². The highest BCUT2D eigenvalue weighted by Gasteiger charge is 2.26. The molecule has 1 aliphatic heterocycles. The van der Waals surface area contributed by atoms with Gasteiger partial charge in [-0.2, -0.15) is 4.98 Å². The Kier molecular flexibility index (Phi) is 7.32. The number of halogens is 2. The SMILES string of the molecule is CC(C)CCNC(=O)C1CCN(Cc2nc(-c3ccc(Cl)cc3Cl)no2)CC1. The topological polar surface area (TPSA) is 71.3 Å². The fourth-order valence-electron chi connectivity index (χ4n) is 3.27. The van der Waals surface area contributed by atoms with E-state index in [0.29, 0.717) is 39.8 Å². The zero-order valence-electron chi connectivity index (χ0n) is 16.3. The van der Waals surface area contributed by atoms with E-state index in [1.165, 1.54) is 0 Å². The number of aromatic nitrogens is 2. The number of nitrogens with zero attached hydrogens (tertiary/aromatic N) is 3. The summed E-state index contributed by atoms with van der Waals surface area (Å²) in [6.07, 6.45) is 2.71. The van der Waals surface area contributed by atoms with Gasteiger partial charge in [0.1, 0.15) is 0 Å². The summed E-state index contributed by atoms with van der Waals surface area (Å²) in [5.74, 6) is 1.87. The monoisotopic (exact) mass is 424 g/mol. The summed E-state index contributed by atoms with van der Waals surface area (Å²) in [6, 6.07) is 5.18. The summed E-state index contributed by atoms with van der Waals surface area (Å²) in [7, 11) is 0. The molecule has 0 atom stereocenters. The first-order valence-electron chi connectivity index (χ1n) is 9.70. The van der Waals surface area contributed by atoms with Crippen LogP contribution in [0.3, 0.4) is 0 Å². The number of amides is 1. The minimum absolute atomic E-state index is 0.0922. The molecule has 8 heteroatoms. The van der Waals surface area contributed by atoms with Crippen LogP contribution in [0.4, 0.5) is 0 Å². The number of hydrogen-bond donors (Lipinski definition) is 1. The Morgan fingerprint density at radius 1 is 1.32 bits per heavy atom. The lowest BCUT2D eigenvalue weighted by molar-refractivity contribution is -0.126. The normalized spacial score (nSPS) is 15.9. The van der Waals surface area contributed by atoms with E-state index in [1.807, 2.05) is 0 Å². The molecule has 0 spiro atoms. The number of rotatable bonds is 7. The van der Waals surface area contributed by atoms with Crippen molar-refractivity contribution in [2.75, 3.05) is 19.6 Å². The Labute approximate surface area is 175 Å². The van der Waals surface area contributed by atoms with Crippen molar-refractivity contribution in [1.29, 1.82) is 0 Å². The van der Waals surface area contributed by atoms with Gasteiger partial charge in [-0.05, 0) is 56.5 Å². The Morgan fingerprint density at radius 2 is 2.07 bits per heavy atom. The molecule has 1 N–H and O–H groups in total. The zero-order chi connectivity index (χ0) is 20.1. The van der Waals surface area contributed by atoms with Crippen molar-refractivity contribution >= 4 is 29.1 Å². The van der Waals surface area contributed by atoms with Crippen molar-refractivity contribution in [2.24, 2.45) is 11.8 Å². The zero-order valence-corrected chi connectivity index (χ0v) is 17.8. The third-order valence-electron chi connectivity index (χ3n) is 4.98. The van der Waals surface area contributed by atoms with Crippen LogP contribution in [0.5, 0.6) is 0 Å². The fraction of sp³-hybridized carbons (Fsp3) is 0.550. The average molecular weight is 425 g/mol. The van der Waals surface area contributed by atoms with E-state index in [1.54, 1.807) is 18.2 Å². The number of likely N-dealkylation sites (tertiary alicyclic amines) is 1. The maximum absolute atomic E-state index is 12.3. The van der Waals surface area contributed by atoms with Crippen LogP contribution in [0.1, 0.15) is 39.0 Å². The lowest BCUT2D eigenvalue weighted by Crippen LogP contribution is -2.40. The number of carbonyl (C=O) groups excluding carboxylic acids is 1. The maximum Gasteiger partial charge on any atom is 0.241 e. The quantitative estimate of drug-likeness (QED) is 0.711. The molecule has 0 radical (unpaired) electrons. The van der Waals surface area contributed by atoms with E-state index >= 15 is 0 Å². The molecule has 0 bridgehead atoms. The van der Waals surface area contributed by atoms with Crippen LogP contribution in [0, 0.1) is 11.8 Å². The van der Waals surface area contributed by atoms with Gasteiger partial charge in [-0.1, -0.05) is 42.2 Å². The van der Waals surface area contributed by atoms with Crippen molar-refractivity contribution < 1.29 is 9.32 Å². The van der Waals surface area contributed by atoms with Crippen LogP contribution in [-0.4, -0.2) is 40.6 Å². The van der Waals surface area contributed by atoms with Gasteiger partial charge in [0.15, 0.2) is 0 Å². The molecule has 1 aromatic carbocycles. The van der Waals surface area contributed by atoms with Crippen LogP contribution >= 0.6 is 23.2 Å². The highest BCUT2D eigenvalue weighted by Crippen LogP contribution is 2.28. The van der Waals surface area contributed by atoms with Crippen LogP contribution in [-0.2, 0) is 11.3 Å². The summed E-state index contributed by atoms with van der Waals surface area (Å²) in [4.78, 5) is 19.0. The van der Waals surface area contributed by atoms with E-state index in [4.69, 9.17) is 27.7 Å². The van der Waals surface area contributed by atoms with E-state index in [0.717, 1.165) is 38.9 Å². The highest BCUT2D eigenvalue weighted by molar-refractivity contribution is 6.36. The summed E-state index contributed by atoms with van der Waals surface area (Å²) in [5.41, 5.74) is 0.692. The summed E-state index contributed by atoms with van der Waals surface area (Å²) in [5, 5.41) is 8.14. The Morgan fingerprint density at radius 3 is 2.75 bits per heavy atom. The van der Waals surface area contributed by atoms with Crippen molar-refractivity contribution in [1.82, 2.24) is 20.4 Å². The summed E-state index contributed by atoms with van der Waals surface area (Å²) < 4.78 is 5.38. The summed E-state index contributed by atoms with van der Waals surface area (Å²) in [6.45, 7) is 7.32. The van der Waals surface area contributed by atoms with Crippen LogP contribution in [0.2, 0.25) is 10.0 Å². The van der Waals surface area contributed by atoms with Gasteiger partial charge in [-0.15, -0.1) is 0 Å². The molecule has 1 saturated heterocycles. The van der Waals surface area contributed by atoms with Gasteiger partial charge >= 0.3 is 0 Å². The fourth-order valence-corrected chi connectivity index (χ4v) is 3.77. The minimum atomic E-state index is 0.0922. The molecule has 152 valence electrons. The molecule has 3 rings (SSSR count). The van der Waals surface area contributed by atoms with Crippen molar-refractivity contribution in [3.05, 3.63) is 34.1 Å². The third-order valence-corrected chi connectivity index (χ3v) is 5.53. The van der Waals surface area contributed by atoms with Gasteiger partial charge in [0, 0.05) is 23.0 Å². The second-order valence-corrected chi connectivity index (χ2v) is 8.50. The third kappa shape index (κ3) is 5.69. The Balaban J connectivity index is 1.49. The highest BCUT2D eigenvalue weighted by atomic mass is 35.5. The largest absolute Gasteiger partial charge is 0.356 e. The number of hydrogen-bond acceptors (Lipinski definition) is 5. The molecular weight excluding hydrogens is 399 g/mol. The average Bonchev–Trinajstić information content (AvgIpc) is 3.10. The Hall–Kier alpha value is -1.63. The van der Waals surface area contributed by atoms with E-state index in [2.05, 4.69) is 34.2 Å². The van der Waals surface area contributed by atoms with E-state index in [-0.39, 0.29) is 11.8 Å². The first-order valence-corrected chi connectivity index (χ1v) is 10.5. The number of nitrogens with one attached hydrogen (secondary N) is 1. The lowest BCUT2D eigenvalue weighted by Gasteiger charge is -2.30. The number of piperidine rings is 1. The summed E-state index contributed by atoms with van der Waals surface area (Å²) >= 11 is 12.1. The van der Waals surface area contributed by atoms with E-state index < -0.39 is 0 Å². The molecule has 28 heavy (non-hydrogen) atoms. The smallest absolute Gasteiger partial charge is 0.241 e. The van der Waals surface area contributed by atoms with Crippen molar-refractivity contribution in [3.63, 3.8) is 0 Å². The molecular formula is C20H26Cl2N4O2. The molecule has 6 nitrogen and oxygen atoms in total.